The van der Waals surface area contributed by atoms with Gasteiger partial charge in [0.05, 0.1) is 0 Å². The summed E-state index contributed by atoms with van der Waals surface area (Å²) in [6, 6.07) is 8.96. The normalized spacial score (nSPS) is 37.7. The summed E-state index contributed by atoms with van der Waals surface area (Å²) in [5.74, 6) is 0.716. The van der Waals surface area contributed by atoms with Crippen molar-refractivity contribution >= 4 is 17.9 Å². The van der Waals surface area contributed by atoms with Gasteiger partial charge >= 0.3 is 0 Å². The van der Waals surface area contributed by atoms with Crippen molar-refractivity contribution in [3.63, 3.8) is 0 Å². The van der Waals surface area contributed by atoms with Gasteiger partial charge in [-0.25, -0.2) is 4.98 Å². The van der Waals surface area contributed by atoms with Gasteiger partial charge < -0.3 is 16.3 Å². The fourth-order valence-corrected chi connectivity index (χ4v) is 9.68. The number of nitrogens with zero attached hydrogens (tertiary/aromatic N) is 4. The zero-order valence-electron chi connectivity index (χ0n) is 23.2. The minimum absolute atomic E-state index is 0.0615. The molecule has 2 aliphatic carbocycles. The summed E-state index contributed by atoms with van der Waals surface area (Å²) in [7, 11) is 0. The van der Waals surface area contributed by atoms with Crippen LogP contribution < -0.4 is 11.5 Å². The molecular weight excluding hydrogens is 508 g/mol. The van der Waals surface area contributed by atoms with Crippen LogP contribution >= 0.6 is 11.6 Å². The van der Waals surface area contributed by atoms with E-state index >= 15 is 0 Å². The third kappa shape index (κ3) is 4.98. The Morgan fingerprint density at radius 1 is 1.00 bits per heavy atom. The first-order valence-electron chi connectivity index (χ1n) is 15.2. The molecule has 1 aromatic heterocycles. The van der Waals surface area contributed by atoms with Gasteiger partial charge in [0.1, 0.15) is 18.9 Å². The number of piperidine rings is 1. The van der Waals surface area contributed by atoms with Crippen molar-refractivity contribution < 1.29 is 4.79 Å². The molecule has 2 saturated carbocycles. The minimum Gasteiger partial charge on any atom is -0.328 e. The molecule has 2 aromatic rings. The largest absolute Gasteiger partial charge is 0.328 e. The lowest BCUT2D eigenvalue weighted by Crippen LogP contribution is -2.76. The molecule has 8 heteroatoms. The van der Waals surface area contributed by atoms with Crippen molar-refractivity contribution in [3.8, 4) is 0 Å². The first-order chi connectivity index (χ1) is 18.9. The van der Waals surface area contributed by atoms with Crippen molar-refractivity contribution in [1.82, 2.24) is 19.7 Å². The summed E-state index contributed by atoms with van der Waals surface area (Å²) >= 11 is 6.21. The molecule has 3 heterocycles. The second-order valence-corrected chi connectivity index (χ2v) is 13.8. The van der Waals surface area contributed by atoms with E-state index in [2.05, 4.69) is 31.8 Å². The molecule has 1 aromatic carbocycles. The fraction of sp³-hybridized carbons (Fsp3) is 0.710. The molecule has 5 atom stereocenters. The lowest BCUT2D eigenvalue weighted by atomic mass is 9.57. The van der Waals surface area contributed by atoms with Gasteiger partial charge in [0.2, 0.25) is 0 Å². The molecule has 4 aliphatic rings. The van der Waals surface area contributed by atoms with E-state index in [9.17, 15) is 4.79 Å². The molecular formula is C31H45ClN6O. The Kier molecular flexibility index (Phi) is 7.64. The quantitative estimate of drug-likeness (QED) is 0.451. The van der Waals surface area contributed by atoms with Crippen LogP contribution in [0.25, 0.3) is 0 Å². The standard InChI is InChI=1S/C31H45ClN6O/c32-25-8-6-23(7-9-25)16-30(34)13-12-26(33)17-31(30,14-15-39)38-27-10-11-28(38)19-29(18-27,20-37-22-35-21-36-37)24-4-2-1-3-5-24/h6-9,15,21-22,24,26-28H,1-5,10-14,16-20,33-34H2/t26?,27?,28?,29?,30-,31?/m1/s1. The van der Waals surface area contributed by atoms with Gasteiger partial charge in [0.15, 0.2) is 0 Å². The van der Waals surface area contributed by atoms with E-state index in [1.807, 2.05) is 18.5 Å². The summed E-state index contributed by atoms with van der Waals surface area (Å²) in [4.78, 5) is 19.5. The van der Waals surface area contributed by atoms with Crippen LogP contribution in [0, 0.1) is 11.3 Å². The SMILES string of the molecule is NC1CC[C@@](N)(Cc2ccc(Cl)cc2)C(CC=O)(N2C3CCC2CC(Cn2cncn2)(C2CCCCC2)C3)C1. The maximum absolute atomic E-state index is 12.5. The van der Waals surface area contributed by atoms with Crippen LogP contribution in [-0.4, -0.2) is 55.2 Å². The van der Waals surface area contributed by atoms with E-state index in [0.29, 0.717) is 24.4 Å². The van der Waals surface area contributed by atoms with E-state index in [4.69, 9.17) is 23.1 Å². The van der Waals surface area contributed by atoms with E-state index in [0.717, 1.165) is 56.4 Å². The molecule has 0 amide bonds. The second-order valence-electron chi connectivity index (χ2n) is 13.4. The first kappa shape index (κ1) is 27.4. The molecule has 0 radical (unpaired) electrons. The predicted octanol–water partition coefficient (Wildman–Crippen LogP) is 4.90. The Balaban J connectivity index is 1.36. The third-order valence-electron chi connectivity index (χ3n) is 11.2. The number of aromatic nitrogens is 3. The van der Waals surface area contributed by atoms with Crippen molar-refractivity contribution in [2.75, 3.05) is 0 Å². The monoisotopic (exact) mass is 552 g/mol. The van der Waals surface area contributed by atoms with Crippen LogP contribution in [0.4, 0.5) is 0 Å². The third-order valence-corrected chi connectivity index (χ3v) is 11.4. The fourth-order valence-electron chi connectivity index (χ4n) is 9.55. The molecule has 6 rings (SSSR count). The highest BCUT2D eigenvalue weighted by Crippen LogP contribution is 2.58. The average Bonchev–Trinajstić information content (AvgIpc) is 3.54. The molecule has 0 spiro atoms. The number of nitrogens with two attached hydrogens (primary N) is 2. The van der Waals surface area contributed by atoms with Crippen LogP contribution in [0.3, 0.4) is 0 Å². The topological polar surface area (TPSA) is 103 Å². The summed E-state index contributed by atoms with van der Waals surface area (Å²) in [6.45, 7) is 0.942. The molecule has 4 N–H and O–H groups in total. The number of rotatable bonds is 8. The van der Waals surface area contributed by atoms with E-state index in [1.54, 1.807) is 6.33 Å². The maximum atomic E-state index is 12.5. The molecule has 2 saturated heterocycles. The number of benzene rings is 1. The predicted molar refractivity (Wildman–Crippen MR) is 154 cm³/mol. The average molecular weight is 553 g/mol. The van der Waals surface area contributed by atoms with Gasteiger partial charge in [0.25, 0.3) is 0 Å². The number of carbonyl (C=O) groups excluding carboxylic acids is 1. The Morgan fingerprint density at radius 2 is 1.72 bits per heavy atom. The molecule has 4 unspecified atom stereocenters. The van der Waals surface area contributed by atoms with Crippen LogP contribution in [-0.2, 0) is 17.8 Å². The van der Waals surface area contributed by atoms with Gasteiger partial charge in [-0.05, 0) is 93.2 Å². The number of aldehydes is 1. The highest BCUT2D eigenvalue weighted by atomic mass is 35.5. The first-order valence-corrected chi connectivity index (χ1v) is 15.6. The Hall–Kier alpha value is -1.80. The van der Waals surface area contributed by atoms with Crippen molar-refractivity contribution in [2.45, 2.75) is 126 Å². The van der Waals surface area contributed by atoms with E-state index in [1.165, 1.54) is 50.5 Å². The molecule has 2 bridgehead atoms. The highest BCUT2D eigenvalue weighted by molar-refractivity contribution is 6.30. The van der Waals surface area contributed by atoms with Gasteiger partial charge in [-0.3, -0.25) is 9.58 Å². The van der Waals surface area contributed by atoms with Crippen molar-refractivity contribution in [2.24, 2.45) is 22.8 Å². The Morgan fingerprint density at radius 3 is 2.36 bits per heavy atom. The van der Waals surface area contributed by atoms with Crippen LogP contribution in [0.2, 0.25) is 5.02 Å². The van der Waals surface area contributed by atoms with E-state index < -0.39 is 11.1 Å². The molecule has 39 heavy (non-hydrogen) atoms. The Bertz CT molecular complexity index is 1100. The van der Waals surface area contributed by atoms with Crippen LogP contribution in [0.1, 0.15) is 89.0 Å². The molecule has 7 nitrogen and oxygen atoms in total. The lowest BCUT2D eigenvalue weighted by Gasteiger charge is -2.63. The summed E-state index contributed by atoms with van der Waals surface area (Å²) in [5.41, 5.74) is 14.7. The minimum atomic E-state index is -0.533. The van der Waals surface area contributed by atoms with Gasteiger partial charge in [0, 0.05) is 47.2 Å². The zero-order valence-corrected chi connectivity index (χ0v) is 23.9. The molecule has 212 valence electrons. The van der Waals surface area contributed by atoms with Crippen LogP contribution in [0.15, 0.2) is 36.9 Å². The van der Waals surface area contributed by atoms with Gasteiger partial charge in [-0.1, -0.05) is 43.0 Å². The number of hydrogen-bond acceptors (Lipinski definition) is 6. The number of hydrogen-bond donors (Lipinski definition) is 2. The lowest BCUT2D eigenvalue weighted by molar-refractivity contribution is -0.130. The van der Waals surface area contributed by atoms with Gasteiger partial charge in [-0.15, -0.1) is 0 Å². The van der Waals surface area contributed by atoms with Gasteiger partial charge in [-0.2, -0.15) is 5.10 Å². The summed E-state index contributed by atoms with van der Waals surface area (Å²) < 4.78 is 2.08. The highest BCUT2D eigenvalue weighted by Gasteiger charge is 2.63. The van der Waals surface area contributed by atoms with Crippen LogP contribution in [0.5, 0.6) is 0 Å². The van der Waals surface area contributed by atoms with Crippen molar-refractivity contribution in [1.29, 1.82) is 0 Å². The summed E-state index contributed by atoms with van der Waals surface area (Å²) in [5, 5.41) is 5.29. The Labute approximate surface area is 238 Å². The molecule has 2 aliphatic heterocycles. The number of halogens is 1. The smallest absolute Gasteiger partial charge is 0.137 e. The zero-order chi connectivity index (χ0) is 27.1. The number of carbonyl (C=O) groups is 1. The van der Waals surface area contributed by atoms with E-state index in [-0.39, 0.29) is 11.5 Å². The maximum Gasteiger partial charge on any atom is 0.137 e. The summed E-state index contributed by atoms with van der Waals surface area (Å²) in [6.07, 6.45) is 19.6. The second kappa shape index (κ2) is 10.9. The van der Waals surface area contributed by atoms with Crippen molar-refractivity contribution in [3.05, 3.63) is 47.5 Å². The molecule has 4 fully saturated rings. The number of fused-ring (bicyclic) bond motifs is 2.